The SMILES string of the molecule is C=C[Si](C)(Oc1ccccc1Cl)OC(C)C. The molecule has 0 saturated heterocycles. The van der Waals surface area contributed by atoms with Gasteiger partial charge < -0.3 is 8.85 Å². The third kappa shape index (κ3) is 3.67. The van der Waals surface area contributed by atoms with Crippen LogP contribution in [0.25, 0.3) is 0 Å². The molecule has 0 N–H and O–H groups in total. The Bertz CT molecular complexity index is 368. The fourth-order valence-corrected chi connectivity index (χ4v) is 3.35. The first-order chi connectivity index (χ1) is 7.47. The van der Waals surface area contributed by atoms with E-state index in [1.165, 1.54) is 0 Å². The van der Waals surface area contributed by atoms with E-state index in [4.69, 9.17) is 20.5 Å². The van der Waals surface area contributed by atoms with Gasteiger partial charge in [0.2, 0.25) is 0 Å². The average Bonchev–Trinajstić information content (AvgIpc) is 2.20. The Labute approximate surface area is 103 Å². The lowest BCUT2D eigenvalue weighted by atomic mass is 10.3. The minimum atomic E-state index is -2.38. The van der Waals surface area contributed by atoms with Crippen molar-refractivity contribution in [1.82, 2.24) is 0 Å². The number of hydrogen-bond acceptors (Lipinski definition) is 2. The van der Waals surface area contributed by atoms with Gasteiger partial charge >= 0.3 is 8.56 Å². The fourth-order valence-electron chi connectivity index (χ4n) is 1.33. The van der Waals surface area contributed by atoms with Crippen molar-refractivity contribution in [3.05, 3.63) is 41.6 Å². The molecule has 16 heavy (non-hydrogen) atoms. The van der Waals surface area contributed by atoms with E-state index < -0.39 is 8.56 Å². The molecule has 0 spiro atoms. The maximum absolute atomic E-state index is 6.03. The molecule has 88 valence electrons. The monoisotopic (exact) mass is 256 g/mol. The van der Waals surface area contributed by atoms with Crippen LogP contribution in [0.2, 0.25) is 11.6 Å². The van der Waals surface area contributed by atoms with E-state index in [0.717, 1.165) is 0 Å². The number of para-hydroxylation sites is 1. The molecule has 0 aromatic heterocycles. The van der Waals surface area contributed by atoms with Gasteiger partial charge in [0.1, 0.15) is 5.75 Å². The van der Waals surface area contributed by atoms with Gasteiger partial charge in [0.05, 0.1) is 5.02 Å². The van der Waals surface area contributed by atoms with E-state index in [-0.39, 0.29) is 6.10 Å². The van der Waals surface area contributed by atoms with Crippen molar-refractivity contribution in [3.8, 4) is 5.75 Å². The standard InChI is InChI=1S/C12H17ClO2Si/c1-5-16(4,14-10(2)3)15-12-9-7-6-8-11(12)13/h5-10H,1H2,2-4H3. The van der Waals surface area contributed by atoms with Crippen LogP contribution in [0.4, 0.5) is 0 Å². The Morgan fingerprint density at radius 2 is 2.00 bits per heavy atom. The fraction of sp³-hybridized carbons (Fsp3) is 0.333. The van der Waals surface area contributed by atoms with Gasteiger partial charge in [-0.05, 0) is 38.2 Å². The molecule has 0 saturated carbocycles. The summed E-state index contributed by atoms with van der Waals surface area (Å²) in [5, 5.41) is 0.593. The average molecular weight is 257 g/mol. The molecule has 1 aromatic carbocycles. The van der Waals surface area contributed by atoms with Gasteiger partial charge in [0.25, 0.3) is 0 Å². The zero-order valence-corrected chi connectivity index (χ0v) is 11.6. The molecule has 0 bridgehead atoms. The minimum absolute atomic E-state index is 0.108. The van der Waals surface area contributed by atoms with E-state index in [1.807, 2.05) is 38.6 Å². The van der Waals surface area contributed by atoms with Crippen molar-refractivity contribution in [2.45, 2.75) is 26.5 Å². The molecule has 1 unspecified atom stereocenters. The van der Waals surface area contributed by atoms with E-state index in [0.29, 0.717) is 10.8 Å². The third-order valence-electron chi connectivity index (χ3n) is 1.99. The molecule has 0 radical (unpaired) electrons. The largest absolute Gasteiger partial charge is 0.516 e. The summed E-state index contributed by atoms with van der Waals surface area (Å²) in [6, 6.07) is 7.38. The zero-order chi connectivity index (χ0) is 12.2. The number of benzene rings is 1. The van der Waals surface area contributed by atoms with Gasteiger partial charge in [-0.2, -0.15) is 0 Å². The summed E-state index contributed by atoms with van der Waals surface area (Å²) in [4.78, 5) is 0. The minimum Gasteiger partial charge on any atom is -0.516 e. The summed E-state index contributed by atoms with van der Waals surface area (Å²) >= 11 is 6.03. The van der Waals surface area contributed by atoms with Gasteiger partial charge in [-0.3, -0.25) is 0 Å². The Balaban J connectivity index is 2.85. The highest BCUT2D eigenvalue weighted by molar-refractivity contribution is 6.72. The van der Waals surface area contributed by atoms with Crippen molar-refractivity contribution in [2.75, 3.05) is 0 Å². The first kappa shape index (κ1) is 13.3. The second kappa shape index (κ2) is 5.52. The summed E-state index contributed by atoms with van der Waals surface area (Å²) in [6.07, 6.45) is 0.108. The normalized spacial score (nSPS) is 14.6. The summed E-state index contributed by atoms with van der Waals surface area (Å²) in [5.41, 5.74) is 1.76. The number of halogens is 1. The van der Waals surface area contributed by atoms with Crippen LogP contribution in [-0.4, -0.2) is 14.7 Å². The lowest BCUT2D eigenvalue weighted by molar-refractivity contribution is 0.193. The van der Waals surface area contributed by atoms with Crippen LogP contribution >= 0.6 is 11.6 Å². The molecule has 0 fully saturated rings. The molecule has 0 aliphatic heterocycles. The first-order valence-electron chi connectivity index (χ1n) is 5.22. The molecule has 1 rings (SSSR count). The molecule has 2 nitrogen and oxygen atoms in total. The van der Waals surface area contributed by atoms with Gasteiger partial charge in [-0.1, -0.05) is 23.7 Å². The van der Waals surface area contributed by atoms with Gasteiger partial charge in [0, 0.05) is 6.10 Å². The molecule has 0 aliphatic rings. The van der Waals surface area contributed by atoms with Crippen LogP contribution in [0.1, 0.15) is 13.8 Å². The summed E-state index contributed by atoms with van der Waals surface area (Å²) in [7, 11) is -2.38. The topological polar surface area (TPSA) is 18.5 Å². The predicted molar refractivity (Wildman–Crippen MR) is 70.1 cm³/mol. The lowest BCUT2D eigenvalue weighted by Crippen LogP contribution is -2.42. The van der Waals surface area contributed by atoms with E-state index in [9.17, 15) is 0 Å². The summed E-state index contributed by atoms with van der Waals surface area (Å²) in [6.45, 7) is 9.68. The van der Waals surface area contributed by atoms with Crippen molar-refractivity contribution in [2.24, 2.45) is 0 Å². The molecule has 0 aliphatic carbocycles. The van der Waals surface area contributed by atoms with E-state index in [2.05, 4.69) is 6.58 Å². The van der Waals surface area contributed by atoms with Crippen LogP contribution < -0.4 is 4.43 Å². The van der Waals surface area contributed by atoms with Crippen molar-refractivity contribution in [1.29, 1.82) is 0 Å². The van der Waals surface area contributed by atoms with Gasteiger partial charge in [-0.15, -0.1) is 6.58 Å². The summed E-state index contributed by atoms with van der Waals surface area (Å²) < 4.78 is 11.6. The van der Waals surface area contributed by atoms with Crippen molar-refractivity contribution < 1.29 is 8.85 Å². The van der Waals surface area contributed by atoms with Crippen LogP contribution in [0, 0.1) is 0 Å². The molecule has 0 amide bonds. The zero-order valence-electron chi connectivity index (χ0n) is 9.87. The first-order valence-corrected chi connectivity index (χ1v) is 7.99. The van der Waals surface area contributed by atoms with E-state index in [1.54, 1.807) is 11.8 Å². The van der Waals surface area contributed by atoms with Crippen molar-refractivity contribution >= 4 is 20.2 Å². The van der Waals surface area contributed by atoms with Crippen LogP contribution in [0.5, 0.6) is 5.75 Å². The second-order valence-corrected chi connectivity index (χ2v) is 7.21. The lowest BCUT2D eigenvalue weighted by Gasteiger charge is -2.26. The number of hydrogen-bond donors (Lipinski definition) is 0. The van der Waals surface area contributed by atoms with Crippen LogP contribution in [0.15, 0.2) is 36.5 Å². The molecule has 0 heterocycles. The summed E-state index contributed by atoms with van der Waals surface area (Å²) in [5.74, 6) is 0.652. The Morgan fingerprint density at radius 3 is 2.50 bits per heavy atom. The highest BCUT2D eigenvalue weighted by Gasteiger charge is 2.31. The highest BCUT2D eigenvalue weighted by Crippen LogP contribution is 2.27. The van der Waals surface area contributed by atoms with Gasteiger partial charge in [-0.25, -0.2) is 0 Å². The Hall–Kier alpha value is -0.773. The number of rotatable bonds is 5. The van der Waals surface area contributed by atoms with Crippen LogP contribution in [0.3, 0.4) is 0 Å². The highest BCUT2D eigenvalue weighted by atomic mass is 35.5. The Kier molecular flexibility index (Phi) is 4.59. The van der Waals surface area contributed by atoms with Crippen LogP contribution in [-0.2, 0) is 4.43 Å². The van der Waals surface area contributed by atoms with Crippen molar-refractivity contribution in [3.63, 3.8) is 0 Å². The maximum Gasteiger partial charge on any atom is 0.422 e. The molecule has 1 aromatic rings. The van der Waals surface area contributed by atoms with E-state index >= 15 is 0 Å². The van der Waals surface area contributed by atoms with Gasteiger partial charge in [0.15, 0.2) is 0 Å². The maximum atomic E-state index is 6.03. The molecule has 1 atom stereocenters. The third-order valence-corrected chi connectivity index (χ3v) is 4.61. The quantitative estimate of drug-likeness (QED) is 0.743. The molecular weight excluding hydrogens is 240 g/mol. The molecule has 4 heteroatoms. The second-order valence-electron chi connectivity index (χ2n) is 3.92. The smallest absolute Gasteiger partial charge is 0.422 e. The molecular formula is C12H17ClO2Si. The predicted octanol–water partition coefficient (Wildman–Crippen LogP) is 3.94. The Morgan fingerprint density at radius 1 is 1.38 bits per heavy atom.